The maximum absolute atomic E-state index is 12.7. The number of ketones is 1. The molecule has 1 aromatic heterocycles. The minimum Gasteiger partial charge on any atom is -0.493 e. The van der Waals surface area contributed by atoms with Crippen molar-refractivity contribution in [1.82, 2.24) is 9.55 Å². The number of hydrogen-bond acceptors (Lipinski definition) is 5. The molecule has 0 unspecified atom stereocenters. The topological polar surface area (TPSA) is 53.3 Å². The average molecular weight is 332 g/mol. The third-order valence-electron chi connectivity index (χ3n) is 3.89. The zero-order chi connectivity index (χ0) is 16.4. The van der Waals surface area contributed by atoms with Crippen molar-refractivity contribution >= 4 is 17.5 Å². The highest BCUT2D eigenvalue weighted by Crippen LogP contribution is 2.39. The number of benzene rings is 1. The van der Waals surface area contributed by atoms with E-state index < -0.39 is 0 Å². The first-order valence-electron chi connectivity index (χ1n) is 7.59. The quantitative estimate of drug-likeness (QED) is 0.573. The Morgan fingerprint density at radius 1 is 1.30 bits per heavy atom. The predicted molar refractivity (Wildman–Crippen MR) is 89.7 cm³/mol. The summed E-state index contributed by atoms with van der Waals surface area (Å²) in [5.41, 5.74) is 0.618. The first-order valence-corrected chi connectivity index (χ1v) is 8.47. The molecule has 1 fully saturated rings. The van der Waals surface area contributed by atoms with Crippen molar-refractivity contribution < 1.29 is 14.3 Å². The summed E-state index contributed by atoms with van der Waals surface area (Å²) in [5, 5.41) is 0.696. The number of methoxy groups -OCH3 is 2. The van der Waals surface area contributed by atoms with Crippen LogP contribution in [0.25, 0.3) is 0 Å². The van der Waals surface area contributed by atoms with Crippen molar-refractivity contribution in [1.29, 1.82) is 0 Å². The molecule has 0 radical (unpaired) electrons. The van der Waals surface area contributed by atoms with Gasteiger partial charge >= 0.3 is 0 Å². The lowest BCUT2D eigenvalue weighted by molar-refractivity contribution is 0.0993. The second kappa shape index (κ2) is 6.66. The van der Waals surface area contributed by atoms with E-state index in [4.69, 9.17) is 9.47 Å². The molecule has 0 saturated heterocycles. The third-order valence-corrected chi connectivity index (χ3v) is 4.99. The molecular formula is C17H20N2O3S. The normalized spacial score (nSPS) is 15.3. The highest BCUT2D eigenvalue weighted by Gasteiger charge is 2.27. The van der Waals surface area contributed by atoms with E-state index in [0.717, 1.165) is 5.16 Å². The highest BCUT2D eigenvalue weighted by atomic mass is 32.2. The first-order chi connectivity index (χ1) is 11.1. The van der Waals surface area contributed by atoms with Crippen LogP contribution in [0.15, 0.2) is 35.7 Å². The van der Waals surface area contributed by atoms with Gasteiger partial charge in [0.25, 0.3) is 0 Å². The summed E-state index contributed by atoms with van der Waals surface area (Å²) in [4.78, 5) is 17.1. The molecule has 1 aromatic carbocycles. The number of imidazole rings is 1. The van der Waals surface area contributed by atoms with Crippen molar-refractivity contribution in [3.63, 3.8) is 0 Å². The Morgan fingerprint density at radius 3 is 2.70 bits per heavy atom. The standard InChI is InChI=1S/C17H20N2O3S/c1-11(23-17-18-8-9-19(17)13-5-6-13)16(20)12-4-7-14(21-2)15(10-12)22-3/h4,7-11,13H,5-6H2,1-3H3/t11-/m1/s1. The summed E-state index contributed by atoms with van der Waals surface area (Å²) < 4.78 is 12.7. The van der Waals surface area contributed by atoms with Crippen LogP contribution in [0.4, 0.5) is 0 Å². The van der Waals surface area contributed by atoms with E-state index in [1.807, 2.05) is 13.1 Å². The molecule has 3 rings (SSSR count). The van der Waals surface area contributed by atoms with Crippen LogP contribution in [0.2, 0.25) is 0 Å². The number of rotatable bonds is 7. The minimum absolute atomic E-state index is 0.0568. The van der Waals surface area contributed by atoms with Gasteiger partial charge in [0.1, 0.15) is 0 Å². The van der Waals surface area contributed by atoms with Crippen LogP contribution in [-0.2, 0) is 0 Å². The van der Waals surface area contributed by atoms with Crippen LogP contribution < -0.4 is 9.47 Å². The summed E-state index contributed by atoms with van der Waals surface area (Å²) >= 11 is 1.50. The number of carbonyl (C=O) groups is 1. The molecule has 122 valence electrons. The van der Waals surface area contributed by atoms with Crippen molar-refractivity contribution in [3.05, 3.63) is 36.2 Å². The summed E-state index contributed by atoms with van der Waals surface area (Å²) in [5.74, 6) is 1.24. The van der Waals surface area contributed by atoms with Crippen molar-refractivity contribution in [2.45, 2.75) is 36.2 Å². The lowest BCUT2D eigenvalue weighted by atomic mass is 10.1. The number of nitrogens with zero attached hydrogens (tertiary/aromatic N) is 2. The van der Waals surface area contributed by atoms with Crippen molar-refractivity contribution in [2.24, 2.45) is 0 Å². The molecule has 23 heavy (non-hydrogen) atoms. The van der Waals surface area contributed by atoms with E-state index in [0.29, 0.717) is 23.1 Å². The fourth-order valence-electron chi connectivity index (χ4n) is 2.46. The van der Waals surface area contributed by atoms with Gasteiger partial charge in [-0.05, 0) is 38.0 Å². The maximum Gasteiger partial charge on any atom is 0.176 e. The number of Topliss-reactive ketones (excluding diaryl/α,β-unsaturated/α-hetero) is 1. The molecule has 0 spiro atoms. The summed E-state index contributed by atoms with van der Waals surface area (Å²) in [6, 6.07) is 5.82. The van der Waals surface area contributed by atoms with Crippen LogP contribution in [0.3, 0.4) is 0 Å². The zero-order valence-corrected chi connectivity index (χ0v) is 14.3. The van der Waals surface area contributed by atoms with Crippen LogP contribution >= 0.6 is 11.8 Å². The SMILES string of the molecule is COc1ccc(C(=O)[C@@H](C)Sc2nccn2C2CC2)cc1OC. The second-order valence-electron chi connectivity index (χ2n) is 5.54. The number of thioether (sulfide) groups is 1. The van der Waals surface area contributed by atoms with Crippen LogP contribution in [0.5, 0.6) is 11.5 Å². The second-order valence-corrected chi connectivity index (χ2v) is 6.85. The molecule has 6 heteroatoms. The van der Waals surface area contributed by atoms with Crippen LogP contribution in [0, 0.1) is 0 Å². The van der Waals surface area contributed by atoms with Gasteiger partial charge in [0, 0.05) is 24.0 Å². The van der Waals surface area contributed by atoms with Gasteiger partial charge in [-0.15, -0.1) is 0 Å². The van der Waals surface area contributed by atoms with Gasteiger partial charge in [-0.1, -0.05) is 11.8 Å². The molecule has 1 aliphatic carbocycles. The zero-order valence-electron chi connectivity index (χ0n) is 13.5. The fourth-order valence-corrected chi connectivity index (χ4v) is 3.47. The van der Waals surface area contributed by atoms with Gasteiger partial charge in [0.15, 0.2) is 22.4 Å². The first kappa shape index (κ1) is 15.9. The molecule has 2 aromatic rings. The molecule has 1 aliphatic rings. The van der Waals surface area contributed by atoms with E-state index in [2.05, 4.69) is 9.55 Å². The molecule has 0 aliphatic heterocycles. The van der Waals surface area contributed by atoms with Gasteiger partial charge in [-0.2, -0.15) is 0 Å². The Kier molecular flexibility index (Phi) is 4.61. The summed E-state index contributed by atoms with van der Waals surface area (Å²) in [7, 11) is 3.15. The lowest BCUT2D eigenvalue weighted by Gasteiger charge is -2.13. The Bertz CT molecular complexity index is 710. The summed E-state index contributed by atoms with van der Waals surface area (Å²) in [6.07, 6.45) is 6.19. The monoisotopic (exact) mass is 332 g/mol. The van der Waals surface area contributed by atoms with E-state index in [1.54, 1.807) is 38.6 Å². The third kappa shape index (κ3) is 3.37. The number of aromatic nitrogens is 2. The predicted octanol–water partition coefficient (Wildman–Crippen LogP) is 3.60. The van der Waals surface area contributed by atoms with Gasteiger partial charge < -0.3 is 14.0 Å². The van der Waals surface area contributed by atoms with E-state index in [9.17, 15) is 4.79 Å². The minimum atomic E-state index is -0.215. The highest BCUT2D eigenvalue weighted by molar-refractivity contribution is 8.00. The number of ether oxygens (including phenoxy) is 2. The summed E-state index contributed by atoms with van der Waals surface area (Å²) in [6.45, 7) is 1.91. The Hall–Kier alpha value is -1.95. The smallest absolute Gasteiger partial charge is 0.176 e. The molecule has 0 bridgehead atoms. The van der Waals surface area contributed by atoms with Gasteiger partial charge in [-0.3, -0.25) is 4.79 Å². The molecular weight excluding hydrogens is 312 g/mol. The molecule has 1 heterocycles. The van der Waals surface area contributed by atoms with E-state index in [1.165, 1.54) is 24.6 Å². The van der Waals surface area contributed by atoms with Crippen LogP contribution in [-0.4, -0.2) is 34.8 Å². The number of carbonyl (C=O) groups excluding carboxylic acids is 1. The van der Waals surface area contributed by atoms with Gasteiger partial charge in [0.05, 0.1) is 19.5 Å². The average Bonchev–Trinajstić information content (AvgIpc) is 3.33. The van der Waals surface area contributed by atoms with E-state index in [-0.39, 0.29) is 11.0 Å². The molecule has 1 saturated carbocycles. The van der Waals surface area contributed by atoms with Crippen molar-refractivity contribution in [2.75, 3.05) is 14.2 Å². The Labute approximate surface area is 140 Å². The maximum atomic E-state index is 12.7. The van der Waals surface area contributed by atoms with Gasteiger partial charge in [0.2, 0.25) is 0 Å². The number of hydrogen-bond donors (Lipinski definition) is 0. The molecule has 0 amide bonds. The lowest BCUT2D eigenvalue weighted by Crippen LogP contribution is -2.14. The van der Waals surface area contributed by atoms with Crippen LogP contribution in [0.1, 0.15) is 36.2 Å². The fraction of sp³-hybridized carbons (Fsp3) is 0.412. The van der Waals surface area contributed by atoms with E-state index >= 15 is 0 Å². The van der Waals surface area contributed by atoms with Crippen molar-refractivity contribution in [3.8, 4) is 11.5 Å². The largest absolute Gasteiger partial charge is 0.493 e. The molecule has 5 nitrogen and oxygen atoms in total. The molecule has 0 N–H and O–H groups in total. The molecule has 1 atom stereocenters. The van der Waals surface area contributed by atoms with Gasteiger partial charge in [-0.25, -0.2) is 4.98 Å². The Balaban J connectivity index is 1.75. The Morgan fingerprint density at radius 2 is 2.04 bits per heavy atom.